The Morgan fingerprint density at radius 1 is 1.23 bits per heavy atom. The maximum absolute atomic E-state index is 10.4. The summed E-state index contributed by atoms with van der Waals surface area (Å²) in [5.41, 5.74) is 4.38. The second kappa shape index (κ2) is 7.95. The fourth-order valence-corrected chi connectivity index (χ4v) is 5.62. The van der Waals surface area contributed by atoms with Crippen LogP contribution in [0.25, 0.3) is 0 Å². The molecule has 1 N–H and O–H groups in total. The van der Waals surface area contributed by atoms with E-state index in [9.17, 15) is 5.11 Å². The number of allylic oxidation sites excluding steroid dienone is 4. The number of amidine groups is 1. The van der Waals surface area contributed by atoms with Gasteiger partial charge in [0.1, 0.15) is 23.0 Å². The Morgan fingerprint density at radius 2 is 2.10 bits per heavy atom. The van der Waals surface area contributed by atoms with Crippen molar-refractivity contribution in [3.8, 4) is 5.75 Å². The van der Waals surface area contributed by atoms with Crippen LogP contribution in [0.2, 0.25) is 0 Å². The third-order valence-corrected chi connectivity index (χ3v) is 6.96. The number of hydrogen-bond donors (Lipinski definition) is 1. The summed E-state index contributed by atoms with van der Waals surface area (Å²) in [4.78, 5) is 9.88. The van der Waals surface area contributed by atoms with Gasteiger partial charge in [0.25, 0.3) is 0 Å². The molecule has 0 fully saturated rings. The van der Waals surface area contributed by atoms with E-state index in [0.29, 0.717) is 16.6 Å². The van der Waals surface area contributed by atoms with Crippen LogP contribution in [-0.4, -0.2) is 33.4 Å². The van der Waals surface area contributed by atoms with Crippen molar-refractivity contribution in [3.63, 3.8) is 0 Å². The molecule has 2 aliphatic carbocycles. The molecule has 0 amide bonds. The van der Waals surface area contributed by atoms with Crippen LogP contribution in [0.3, 0.4) is 0 Å². The van der Waals surface area contributed by atoms with Crippen molar-refractivity contribution in [1.82, 2.24) is 0 Å². The molecule has 5 rings (SSSR count). The van der Waals surface area contributed by atoms with Crippen molar-refractivity contribution in [2.24, 2.45) is 15.9 Å². The molecule has 2 heterocycles. The fraction of sp³-hybridized carbons (Fsp3) is 0.360. The van der Waals surface area contributed by atoms with E-state index in [0.717, 1.165) is 30.7 Å². The van der Waals surface area contributed by atoms with Gasteiger partial charge in [0.2, 0.25) is 0 Å². The van der Waals surface area contributed by atoms with E-state index < -0.39 is 0 Å². The van der Waals surface area contributed by atoms with E-state index >= 15 is 0 Å². The number of fused-ring (bicyclic) bond motifs is 2. The molecule has 1 aromatic carbocycles. The van der Waals surface area contributed by atoms with Crippen molar-refractivity contribution < 1.29 is 9.84 Å². The summed E-state index contributed by atoms with van der Waals surface area (Å²) in [6.07, 6.45) is 13.7. The van der Waals surface area contributed by atoms with Crippen molar-refractivity contribution in [2.75, 3.05) is 0 Å². The van der Waals surface area contributed by atoms with Gasteiger partial charge in [-0.15, -0.1) is 11.8 Å². The number of rotatable bonds is 4. The van der Waals surface area contributed by atoms with Crippen molar-refractivity contribution in [1.29, 1.82) is 0 Å². The first-order valence-corrected chi connectivity index (χ1v) is 11.6. The van der Waals surface area contributed by atoms with Gasteiger partial charge < -0.3 is 9.84 Å². The maximum atomic E-state index is 10.4. The topological polar surface area (TPSA) is 54.2 Å². The van der Waals surface area contributed by atoms with Crippen LogP contribution in [0.4, 0.5) is 0 Å². The summed E-state index contributed by atoms with van der Waals surface area (Å²) in [5.74, 6) is 2.10. The first kappa shape index (κ1) is 19.4. The summed E-state index contributed by atoms with van der Waals surface area (Å²) in [6, 6.07) is 7.33. The van der Waals surface area contributed by atoms with Gasteiger partial charge in [-0.05, 0) is 48.3 Å². The lowest BCUT2D eigenvalue weighted by Crippen LogP contribution is -2.29. The zero-order valence-corrected chi connectivity index (χ0v) is 18.1. The molecule has 0 saturated heterocycles. The highest BCUT2D eigenvalue weighted by molar-refractivity contribution is 8.00. The van der Waals surface area contributed by atoms with Crippen LogP contribution in [0.5, 0.6) is 5.75 Å². The Labute approximate surface area is 181 Å². The fourth-order valence-electron chi connectivity index (χ4n) is 4.58. The zero-order valence-electron chi connectivity index (χ0n) is 17.3. The molecule has 1 aromatic rings. The number of hydrogen-bond acceptors (Lipinski definition) is 5. The van der Waals surface area contributed by atoms with Gasteiger partial charge in [-0.2, -0.15) is 0 Å². The van der Waals surface area contributed by atoms with Gasteiger partial charge in [-0.25, -0.2) is 4.99 Å². The highest BCUT2D eigenvalue weighted by atomic mass is 32.2. The number of aliphatic imine (C=N–C) groups is 2. The van der Waals surface area contributed by atoms with Gasteiger partial charge in [0, 0.05) is 17.4 Å². The second-order valence-electron chi connectivity index (χ2n) is 8.27. The summed E-state index contributed by atoms with van der Waals surface area (Å²) in [5, 5.41) is 11.0. The Morgan fingerprint density at radius 3 is 2.93 bits per heavy atom. The van der Waals surface area contributed by atoms with Crippen molar-refractivity contribution >= 4 is 23.3 Å². The van der Waals surface area contributed by atoms with E-state index in [1.54, 1.807) is 6.07 Å². The Kier molecular flexibility index (Phi) is 5.15. The molecular weight excluding hydrogens is 392 g/mol. The minimum atomic E-state index is 0.0455. The lowest BCUT2D eigenvalue weighted by molar-refractivity contribution is 0.172. The van der Waals surface area contributed by atoms with Gasteiger partial charge in [-0.3, -0.25) is 4.99 Å². The average molecular weight is 419 g/mol. The van der Waals surface area contributed by atoms with Crippen LogP contribution in [0.15, 0.2) is 81.5 Å². The third kappa shape index (κ3) is 3.56. The Balaban J connectivity index is 1.55. The molecule has 154 valence electrons. The number of phenolic OH excluding ortho intramolecular Hbond substituents is 1. The molecule has 0 spiro atoms. The first-order chi connectivity index (χ1) is 14.6. The molecule has 0 aromatic heterocycles. The molecule has 30 heavy (non-hydrogen) atoms. The predicted molar refractivity (Wildman–Crippen MR) is 124 cm³/mol. The maximum Gasteiger partial charge on any atom is 0.159 e. The number of thioether (sulfide) groups is 1. The van der Waals surface area contributed by atoms with Gasteiger partial charge in [0.05, 0.1) is 11.5 Å². The first-order valence-electron chi connectivity index (χ1n) is 10.6. The number of aromatic hydroxyl groups is 1. The largest absolute Gasteiger partial charge is 0.507 e. The molecular formula is C25H26N2O2S. The normalized spacial score (nSPS) is 27.3. The average Bonchev–Trinajstić information content (AvgIpc) is 3.12. The summed E-state index contributed by atoms with van der Waals surface area (Å²) < 4.78 is 6.25. The van der Waals surface area contributed by atoms with E-state index in [4.69, 9.17) is 14.7 Å². The number of ether oxygens (including phenoxy) is 1. The summed E-state index contributed by atoms with van der Waals surface area (Å²) in [7, 11) is 0. The molecule has 3 atom stereocenters. The lowest BCUT2D eigenvalue weighted by Gasteiger charge is -2.29. The van der Waals surface area contributed by atoms with Crippen LogP contribution in [0, 0.1) is 5.92 Å². The molecule has 0 bridgehead atoms. The summed E-state index contributed by atoms with van der Waals surface area (Å²) in [6.45, 7) is 4.39. The van der Waals surface area contributed by atoms with Crippen LogP contribution in [-0.2, 0) is 4.74 Å². The monoisotopic (exact) mass is 418 g/mol. The number of para-hydroxylation sites is 1. The Bertz CT molecular complexity index is 1040. The molecule has 2 aliphatic heterocycles. The second-order valence-corrected chi connectivity index (χ2v) is 10.0. The SMILES string of the molecule is CC(C)SC1CC(C2=CC=CC3OC4=C(CCC=C4)C23)=NC(c2ccccc2O)=N1. The zero-order chi connectivity index (χ0) is 20.7. The Hall–Kier alpha value is -2.53. The number of nitrogens with zero attached hydrogens (tertiary/aromatic N) is 2. The number of benzene rings is 1. The van der Waals surface area contributed by atoms with Crippen LogP contribution >= 0.6 is 11.8 Å². The molecule has 0 radical (unpaired) electrons. The highest BCUT2D eigenvalue weighted by Crippen LogP contribution is 2.45. The van der Waals surface area contributed by atoms with Gasteiger partial charge in [-0.1, -0.05) is 44.2 Å². The quantitative estimate of drug-likeness (QED) is 0.696. The van der Waals surface area contributed by atoms with Gasteiger partial charge in [0.15, 0.2) is 5.84 Å². The standard InChI is InChI=1S/C25H26N2O2S/c1-15(2)30-23-14-19(26-25(27-23)17-8-3-5-11-20(17)28)16-10-7-13-22-24(16)18-9-4-6-12-21(18)29-22/h3,5-8,10-13,15,22-24,28H,4,9,14H2,1-2H3. The van der Waals surface area contributed by atoms with E-state index in [1.165, 1.54) is 11.1 Å². The van der Waals surface area contributed by atoms with Gasteiger partial charge >= 0.3 is 0 Å². The molecule has 4 nitrogen and oxygen atoms in total. The summed E-state index contributed by atoms with van der Waals surface area (Å²) >= 11 is 1.85. The van der Waals surface area contributed by atoms with Crippen molar-refractivity contribution in [3.05, 3.63) is 77.1 Å². The van der Waals surface area contributed by atoms with Crippen LogP contribution in [0.1, 0.15) is 38.7 Å². The molecule has 0 saturated carbocycles. The molecule has 4 aliphatic rings. The van der Waals surface area contributed by atoms with Crippen molar-refractivity contribution in [2.45, 2.75) is 49.8 Å². The lowest BCUT2D eigenvalue weighted by atomic mass is 9.78. The number of phenols is 1. The molecule has 3 unspecified atom stereocenters. The minimum Gasteiger partial charge on any atom is -0.507 e. The van der Waals surface area contributed by atoms with Crippen LogP contribution < -0.4 is 0 Å². The smallest absolute Gasteiger partial charge is 0.159 e. The molecule has 5 heteroatoms. The van der Waals surface area contributed by atoms with E-state index in [2.05, 4.69) is 44.2 Å². The van der Waals surface area contributed by atoms with E-state index in [-0.39, 0.29) is 23.1 Å². The predicted octanol–water partition coefficient (Wildman–Crippen LogP) is 5.57. The van der Waals surface area contributed by atoms with E-state index in [1.807, 2.05) is 30.0 Å². The highest BCUT2D eigenvalue weighted by Gasteiger charge is 2.40. The minimum absolute atomic E-state index is 0.0455. The third-order valence-electron chi connectivity index (χ3n) is 5.83.